The van der Waals surface area contributed by atoms with Gasteiger partial charge >= 0.3 is 6.18 Å². The molecule has 1 aliphatic heterocycles. The number of hydrogen-bond acceptors (Lipinski definition) is 4. The topological polar surface area (TPSA) is 35.9 Å². The van der Waals surface area contributed by atoms with E-state index in [1.807, 2.05) is 36.1 Å². The highest BCUT2D eigenvalue weighted by molar-refractivity contribution is 5.49. The van der Waals surface area contributed by atoms with Crippen molar-refractivity contribution in [1.29, 1.82) is 0 Å². The molecule has 3 rings (SSSR count). The summed E-state index contributed by atoms with van der Waals surface area (Å²) in [6.07, 6.45) is -4.96. The number of hydrogen-bond donors (Lipinski definition) is 1. The van der Waals surface area contributed by atoms with Crippen molar-refractivity contribution in [2.75, 3.05) is 44.2 Å². The molecule has 1 aliphatic rings. The van der Waals surface area contributed by atoms with E-state index < -0.39 is 17.8 Å². The summed E-state index contributed by atoms with van der Waals surface area (Å²) in [5, 5.41) is 10.3. The van der Waals surface area contributed by atoms with Crippen LogP contribution in [0, 0.1) is 6.92 Å². The fraction of sp³-hybridized carbons (Fsp3) is 0.429. The van der Waals surface area contributed by atoms with Gasteiger partial charge in [0, 0.05) is 38.4 Å². The second-order valence-corrected chi connectivity index (χ2v) is 7.07. The number of nitrogens with zero attached hydrogens (tertiary/aromatic N) is 2. The molecule has 0 radical (unpaired) electrons. The number of ether oxygens (including phenoxy) is 1. The molecule has 1 N–H and O–H groups in total. The van der Waals surface area contributed by atoms with E-state index in [1.54, 1.807) is 6.07 Å². The van der Waals surface area contributed by atoms with Crippen LogP contribution in [0.5, 0.6) is 5.75 Å². The van der Waals surface area contributed by atoms with Gasteiger partial charge in [0.15, 0.2) is 0 Å². The van der Waals surface area contributed by atoms with E-state index in [9.17, 15) is 18.3 Å². The monoisotopic (exact) mass is 394 g/mol. The molecule has 0 aliphatic carbocycles. The zero-order valence-corrected chi connectivity index (χ0v) is 15.8. The lowest BCUT2D eigenvalue weighted by Crippen LogP contribution is -2.49. The standard InChI is InChI=1S/C21H25F3N2O2/c1-16-5-2-3-8-20(16)28-15-19(27)14-25-9-11-26(12-10-25)18-7-4-6-17(13-18)21(22,23)24/h2-8,13,19,27H,9-12,14-15H2,1H3/t19-/m1/s1. The van der Waals surface area contributed by atoms with Crippen LogP contribution in [-0.4, -0.2) is 55.4 Å². The minimum atomic E-state index is -4.33. The van der Waals surface area contributed by atoms with Crippen molar-refractivity contribution < 1.29 is 23.0 Å². The number of alkyl halides is 3. The summed E-state index contributed by atoms with van der Waals surface area (Å²) >= 11 is 0. The first-order valence-electron chi connectivity index (χ1n) is 9.34. The Morgan fingerprint density at radius 1 is 1.04 bits per heavy atom. The molecule has 0 aromatic heterocycles. The molecule has 0 spiro atoms. The van der Waals surface area contributed by atoms with Gasteiger partial charge in [0.2, 0.25) is 0 Å². The zero-order chi connectivity index (χ0) is 20.1. The lowest BCUT2D eigenvalue weighted by molar-refractivity contribution is -0.137. The summed E-state index contributed by atoms with van der Waals surface area (Å²) in [4.78, 5) is 4.05. The number of para-hydroxylation sites is 1. The Hall–Kier alpha value is -2.25. The maximum Gasteiger partial charge on any atom is 0.416 e. The Bertz CT molecular complexity index is 774. The number of aliphatic hydroxyl groups excluding tert-OH is 1. The second-order valence-electron chi connectivity index (χ2n) is 7.07. The normalized spacial score (nSPS) is 16.8. The van der Waals surface area contributed by atoms with E-state index in [2.05, 4.69) is 4.90 Å². The maximum atomic E-state index is 12.9. The number of rotatable bonds is 6. The van der Waals surface area contributed by atoms with Gasteiger partial charge in [-0.3, -0.25) is 4.90 Å². The van der Waals surface area contributed by atoms with Crippen LogP contribution < -0.4 is 9.64 Å². The first-order valence-corrected chi connectivity index (χ1v) is 9.34. The summed E-state index contributed by atoms with van der Waals surface area (Å²) in [6.45, 7) is 5.23. The van der Waals surface area contributed by atoms with Gasteiger partial charge in [0.1, 0.15) is 18.5 Å². The third kappa shape index (κ3) is 5.39. The number of aryl methyl sites for hydroxylation is 1. The summed E-state index contributed by atoms with van der Waals surface area (Å²) in [5.41, 5.74) is 0.971. The Morgan fingerprint density at radius 3 is 2.43 bits per heavy atom. The highest BCUT2D eigenvalue weighted by Gasteiger charge is 2.31. The van der Waals surface area contributed by atoms with Crippen LogP contribution in [0.4, 0.5) is 18.9 Å². The molecule has 0 amide bonds. The van der Waals surface area contributed by atoms with Gasteiger partial charge in [0.25, 0.3) is 0 Å². The van der Waals surface area contributed by atoms with E-state index in [0.29, 0.717) is 38.4 Å². The van der Waals surface area contributed by atoms with Crippen molar-refractivity contribution >= 4 is 5.69 Å². The lowest BCUT2D eigenvalue weighted by Gasteiger charge is -2.37. The Morgan fingerprint density at radius 2 is 1.75 bits per heavy atom. The fourth-order valence-electron chi connectivity index (χ4n) is 3.32. The molecule has 0 unspecified atom stereocenters. The van der Waals surface area contributed by atoms with Crippen LogP contribution in [0.3, 0.4) is 0 Å². The summed E-state index contributed by atoms with van der Waals surface area (Å²) < 4.78 is 44.4. The predicted octanol–water partition coefficient (Wildman–Crippen LogP) is 3.58. The number of anilines is 1. The number of aliphatic hydroxyl groups is 1. The van der Waals surface area contributed by atoms with E-state index in [0.717, 1.165) is 17.4 Å². The molecule has 7 heteroatoms. The van der Waals surface area contributed by atoms with Crippen molar-refractivity contribution in [2.45, 2.75) is 19.2 Å². The van der Waals surface area contributed by atoms with Crippen LogP contribution in [0.1, 0.15) is 11.1 Å². The Balaban J connectivity index is 1.47. The molecular weight excluding hydrogens is 369 g/mol. The van der Waals surface area contributed by atoms with Crippen LogP contribution in [0.15, 0.2) is 48.5 Å². The fourth-order valence-corrected chi connectivity index (χ4v) is 3.32. The van der Waals surface area contributed by atoms with E-state index in [1.165, 1.54) is 12.1 Å². The van der Waals surface area contributed by atoms with E-state index >= 15 is 0 Å². The summed E-state index contributed by atoms with van der Waals surface area (Å²) in [7, 11) is 0. The molecule has 0 saturated carbocycles. The average Bonchev–Trinajstić information content (AvgIpc) is 2.67. The van der Waals surface area contributed by atoms with Gasteiger partial charge in [-0.15, -0.1) is 0 Å². The molecule has 152 valence electrons. The number of halogens is 3. The highest BCUT2D eigenvalue weighted by Crippen LogP contribution is 2.31. The largest absolute Gasteiger partial charge is 0.491 e. The summed E-state index contributed by atoms with van der Waals surface area (Å²) in [5.74, 6) is 0.760. The zero-order valence-electron chi connectivity index (χ0n) is 15.8. The molecule has 28 heavy (non-hydrogen) atoms. The number of β-amino-alcohol motifs (C(OH)–C–C–N with tert-alkyl or cyclic N) is 1. The molecule has 4 nitrogen and oxygen atoms in total. The van der Waals surface area contributed by atoms with Gasteiger partial charge in [-0.25, -0.2) is 0 Å². The van der Waals surface area contributed by atoms with Gasteiger partial charge in [-0.1, -0.05) is 24.3 Å². The van der Waals surface area contributed by atoms with Crippen LogP contribution in [0.2, 0.25) is 0 Å². The predicted molar refractivity (Wildman–Crippen MR) is 103 cm³/mol. The van der Waals surface area contributed by atoms with Crippen LogP contribution in [-0.2, 0) is 6.18 Å². The third-order valence-corrected chi connectivity index (χ3v) is 4.90. The highest BCUT2D eigenvalue weighted by atomic mass is 19.4. The van der Waals surface area contributed by atoms with Crippen molar-refractivity contribution in [1.82, 2.24) is 4.90 Å². The molecular formula is C21H25F3N2O2. The molecule has 0 bridgehead atoms. The van der Waals surface area contributed by atoms with Crippen LogP contribution >= 0.6 is 0 Å². The van der Waals surface area contributed by atoms with Crippen molar-refractivity contribution in [2.24, 2.45) is 0 Å². The molecule has 1 saturated heterocycles. The van der Waals surface area contributed by atoms with Crippen molar-refractivity contribution in [3.8, 4) is 5.75 Å². The minimum absolute atomic E-state index is 0.207. The molecule has 1 fully saturated rings. The minimum Gasteiger partial charge on any atom is -0.491 e. The quantitative estimate of drug-likeness (QED) is 0.813. The molecule has 1 heterocycles. The maximum absolute atomic E-state index is 12.9. The molecule has 2 aromatic rings. The number of piperazine rings is 1. The third-order valence-electron chi connectivity index (χ3n) is 4.90. The van der Waals surface area contributed by atoms with E-state index in [-0.39, 0.29) is 6.61 Å². The van der Waals surface area contributed by atoms with Gasteiger partial charge < -0.3 is 14.7 Å². The van der Waals surface area contributed by atoms with Crippen molar-refractivity contribution in [3.63, 3.8) is 0 Å². The lowest BCUT2D eigenvalue weighted by atomic mass is 10.1. The van der Waals surface area contributed by atoms with Gasteiger partial charge in [-0.05, 0) is 36.8 Å². The SMILES string of the molecule is Cc1ccccc1OC[C@H](O)CN1CCN(c2cccc(C(F)(F)F)c2)CC1. The number of benzene rings is 2. The summed E-state index contributed by atoms with van der Waals surface area (Å²) in [6, 6.07) is 13.1. The van der Waals surface area contributed by atoms with Gasteiger partial charge in [0.05, 0.1) is 5.56 Å². The smallest absolute Gasteiger partial charge is 0.416 e. The van der Waals surface area contributed by atoms with Gasteiger partial charge in [-0.2, -0.15) is 13.2 Å². The molecule has 1 atom stereocenters. The average molecular weight is 394 g/mol. The van der Waals surface area contributed by atoms with Crippen LogP contribution in [0.25, 0.3) is 0 Å². The first kappa shape index (κ1) is 20.5. The van der Waals surface area contributed by atoms with Crippen molar-refractivity contribution in [3.05, 3.63) is 59.7 Å². The van der Waals surface area contributed by atoms with E-state index in [4.69, 9.17) is 4.74 Å². The Kier molecular flexibility index (Phi) is 6.46. The Labute approximate surface area is 163 Å². The second kappa shape index (κ2) is 8.84. The molecule has 2 aromatic carbocycles. The first-order chi connectivity index (χ1) is 13.3.